The van der Waals surface area contributed by atoms with E-state index in [1.807, 2.05) is 18.2 Å². The molecule has 1 N–H and O–H groups in total. The van der Waals surface area contributed by atoms with Gasteiger partial charge in [0, 0.05) is 17.6 Å². The summed E-state index contributed by atoms with van der Waals surface area (Å²) >= 11 is 12.3. The molecule has 2 heterocycles. The number of nitrogens with one attached hydrogen (secondary N) is 1. The lowest BCUT2D eigenvalue weighted by Crippen LogP contribution is -2.16. The molecule has 3 aromatic rings. The van der Waals surface area contributed by atoms with Gasteiger partial charge >= 0.3 is 5.69 Å². The predicted octanol–water partition coefficient (Wildman–Crippen LogP) is 3.99. The smallest absolute Gasteiger partial charge is 0.308 e. The van der Waals surface area contributed by atoms with E-state index in [2.05, 4.69) is 15.5 Å². The van der Waals surface area contributed by atoms with Crippen molar-refractivity contribution in [1.29, 1.82) is 0 Å². The number of amides is 1. The van der Waals surface area contributed by atoms with E-state index in [0.717, 1.165) is 5.56 Å². The largest absolute Gasteiger partial charge is 0.312 e. The van der Waals surface area contributed by atoms with E-state index in [0.29, 0.717) is 28.0 Å². The summed E-state index contributed by atoms with van der Waals surface area (Å²) in [6.45, 7) is 3.77. The SMILES string of the molecule is Cc1nn(CCC(=O)Nc2nn(Cc3ccccc3Cl)cc2Cl)c(C)c1[N+](=O)[O-]. The monoisotopic (exact) mass is 436 g/mol. The van der Waals surface area contributed by atoms with Gasteiger partial charge in [-0.1, -0.05) is 41.4 Å². The topological polar surface area (TPSA) is 108 Å². The van der Waals surface area contributed by atoms with Gasteiger partial charge in [-0.15, -0.1) is 0 Å². The molecule has 0 unspecified atom stereocenters. The van der Waals surface area contributed by atoms with Crippen LogP contribution in [-0.2, 0) is 17.9 Å². The van der Waals surface area contributed by atoms with Crippen LogP contribution in [0.15, 0.2) is 30.5 Å². The van der Waals surface area contributed by atoms with Crippen molar-refractivity contribution in [2.24, 2.45) is 0 Å². The molecule has 0 spiro atoms. The first kappa shape index (κ1) is 20.8. The van der Waals surface area contributed by atoms with Gasteiger partial charge < -0.3 is 5.32 Å². The molecule has 9 nitrogen and oxygen atoms in total. The normalized spacial score (nSPS) is 10.9. The van der Waals surface area contributed by atoms with Crippen molar-refractivity contribution in [1.82, 2.24) is 19.6 Å². The zero-order chi connectivity index (χ0) is 21.1. The summed E-state index contributed by atoms with van der Waals surface area (Å²) in [7, 11) is 0. The first-order chi connectivity index (χ1) is 13.8. The van der Waals surface area contributed by atoms with Gasteiger partial charge in [0.15, 0.2) is 5.82 Å². The Kier molecular flexibility index (Phi) is 6.19. The third kappa shape index (κ3) is 4.75. The molecule has 0 aliphatic carbocycles. The molecule has 3 rings (SSSR count). The molecule has 2 aromatic heterocycles. The van der Waals surface area contributed by atoms with Crippen LogP contribution in [0.2, 0.25) is 10.0 Å². The summed E-state index contributed by atoms with van der Waals surface area (Å²) in [4.78, 5) is 22.9. The summed E-state index contributed by atoms with van der Waals surface area (Å²) in [6.07, 6.45) is 1.66. The average molecular weight is 437 g/mol. The lowest BCUT2D eigenvalue weighted by Gasteiger charge is -2.05. The standard InChI is InChI=1S/C18H18Cl2N6O3/c1-11-17(26(28)29)12(2)25(22-11)8-7-16(27)21-18-15(20)10-24(23-18)9-13-5-3-4-6-14(13)19/h3-6,10H,7-9H2,1-2H3,(H,21,23,27). The summed E-state index contributed by atoms with van der Waals surface area (Å²) < 4.78 is 3.04. The molecule has 0 saturated heterocycles. The van der Waals surface area contributed by atoms with Crippen molar-refractivity contribution >= 4 is 40.6 Å². The molecular formula is C18H18Cl2N6O3. The number of hydrogen-bond donors (Lipinski definition) is 1. The number of hydrogen-bond acceptors (Lipinski definition) is 5. The van der Waals surface area contributed by atoms with E-state index in [4.69, 9.17) is 23.2 Å². The number of nitrogens with zero attached hydrogens (tertiary/aromatic N) is 5. The molecule has 152 valence electrons. The number of carbonyl (C=O) groups excluding carboxylic acids is 1. The second-order valence-corrected chi connectivity index (χ2v) is 7.23. The summed E-state index contributed by atoms with van der Waals surface area (Å²) in [6, 6.07) is 7.38. The fourth-order valence-electron chi connectivity index (χ4n) is 2.94. The Balaban J connectivity index is 1.63. The van der Waals surface area contributed by atoms with Crippen molar-refractivity contribution in [3.63, 3.8) is 0 Å². The number of nitro groups is 1. The van der Waals surface area contributed by atoms with Gasteiger partial charge in [-0.25, -0.2) is 0 Å². The molecule has 0 saturated carbocycles. The molecule has 29 heavy (non-hydrogen) atoms. The predicted molar refractivity (Wildman–Crippen MR) is 109 cm³/mol. The fourth-order valence-corrected chi connectivity index (χ4v) is 3.33. The first-order valence-electron chi connectivity index (χ1n) is 8.71. The van der Waals surface area contributed by atoms with Gasteiger partial charge in [-0.3, -0.25) is 24.3 Å². The Morgan fingerprint density at radius 3 is 2.59 bits per heavy atom. The third-order valence-electron chi connectivity index (χ3n) is 4.34. The number of aromatic nitrogens is 4. The van der Waals surface area contributed by atoms with Gasteiger partial charge in [0.05, 0.1) is 18.0 Å². The Morgan fingerprint density at radius 1 is 1.21 bits per heavy atom. The second kappa shape index (κ2) is 8.62. The van der Waals surface area contributed by atoms with Gasteiger partial charge in [-0.05, 0) is 25.5 Å². The van der Waals surface area contributed by atoms with Gasteiger partial charge in [0.25, 0.3) is 0 Å². The number of benzene rings is 1. The molecular weight excluding hydrogens is 419 g/mol. The Hall–Kier alpha value is -2.91. The minimum atomic E-state index is -0.473. The maximum absolute atomic E-state index is 12.3. The summed E-state index contributed by atoms with van der Waals surface area (Å²) in [5.74, 6) is -0.0897. The van der Waals surface area contributed by atoms with E-state index in [1.165, 1.54) is 4.68 Å². The average Bonchev–Trinajstić information content (AvgIpc) is 3.13. The van der Waals surface area contributed by atoms with Crippen molar-refractivity contribution < 1.29 is 9.72 Å². The summed E-state index contributed by atoms with van der Waals surface area (Å²) in [5, 5.41) is 23.0. The highest BCUT2D eigenvalue weighted by Gasteiger charge is 2.22. The van der Waals surface area contributed by atoms with Crippen LogP contribution in [0.5, 0.6) is 0 Å². The van der Waals surface area contributed by atoms with Crippen molar-refractivity contribution in [3.8, 4) is 0 Å². The molecule has 0 radical (unpaired) electrons. The molecule has 1 amide bonds. The van der Waals surface area contributed by atoms with E-state index < -0.39 is 4.92 Å². The highest BCUT2D eigenvalue weighted by molar-refractivity contribution is 6.33. The van der Waals surface area contributed by atoms with Gasteiger partial charge in [0.1, 0.15) is 16.4 Å². The number of anilines is 1. The Bertz CT molecular complexity index is 1080. The minimum Gasteiger partial charge on any atom is -0.308 e. The molecule has 1 aromatic carbocycles. The lowest BCUT2D eigenvalue weighted by atomic mass is 10.2. The van der Waals surface area contributed by atoms with Crippen LogP contribution in [0.1, 0.15) is 23.4 Å². The highest BCUT2D eigenvalue weighted by atomic mass is 35.5. The van der Waals surface area contributed by atoms with E-state index in [9.17, 15) is 14.9 Å². The number of rotatable bonds is 7. The number of halogens is 2. The van der Waals surface area contributed by atoms with E-state index in [1.54, 1.807) is 30.8 Å². The van der Waals surface area contributed by atoms with Crippen LogP contribution >= 0.6 is 23.2 Å². The number of aryl methyl sites for hydroxylation is 2. The molecule has 0 aliphatic heterocycles. The number of carbonyl (C=O) groups is 1. The minimum absolute atomic E-state index is 0.0354. The van der Waals surface area contributed by atoms with Gasteiger partial charge in [0.2, 0.25) is 5.91 Å². The zero-order valence-electron chi connectivity index (χ0n) is 15.7. The Morgan fingerprint density at radius 2 is 1.93 bits per heavy atom. The first-order valence-corrected chi connectivity index (χ1v) is 9.46. The lowest BCUT2D eigenvalue weighted by molar-refractivity contribution is -0.386. The van der Waals surface area contributed by atoms with Crippen LogP contribution in [0.25, 0.3) is 0 Å². The zero-order valence-corrected chi connectivity index (χ0v) is 17.2. The van der Waals surface area contributed by atoms with Crippen molar-refractivity contribution in [2.75, 3.05) is 5.32 Å². The van der Waals surface area contributed by atoms with E-state index >= 15 is 0 Å². The summed E-state index contributed by atoms with van der Waals surface area (Å²) in [5.41, 5.74) is 1.56. The van der Waals surface area contributed by atoms with Crippen LogP contribution < -0.4 is 5.32 Å². The molecule has 11 heteroatoms. The highest BCUT2D eigenvalue weighted by Crippen LogP contribution is 2.23. The quantitative estimate of drug-likeness (QED) is 0.444. The fraction of sp³-hybridized carbons (Fsp3) is 0.278. The second-order valence-electron chi connectivity index (χ2n) is 6.41. The van der Waals surface area contributed by atoms with Crippen molar-refractivity contribution in [2.45, 2.75) is 33.4 Å². The third-order valence-corrected chi connectivity index (χ3v) is 4.99. The van der Waals surface area contributed by atoms with Crippen LogP contribution in [0, 0.1) is 24.0 Å². The maximum atomic E-state index is 12.3. The molecule has 0 aliphatic rings. The van der Waals surface area contributed by atoms with Crippen LogP contribution in [0.4, 0.5) is 11.5 Å². The molecule has 0 bridgehead atoms. The molecule has 0 atom stereocenters. The van der Waals surface area contributed by atoms with Crippen molar-refractivity contribution in [3.05, 3.63) is 67.6 Å². The van der Waals surface area contributed by atoms with E-state index in [-0.39, 0.29) is 30.4 Å². The Labute approximate surface area is 176 Å². The molecule has 0 fully saturated rings. The maximum Gasteiger partial charge on any atom is 0.312 e. The van der Waals surface area contributed by atoms with Crippen LogP contribution in [0.3, 0.4) is 0 Å². The van der Waals surface area contributed by atoms with Crippen LogP contribution in [-0.4, -0.2) is 30.4 Å². The van der Waals surface area contributed by atoms with Gasteiger partial charge in [-0.2, -0.15) is 10.2 Å².